The first-order valence-electron chi connectivity index (χ1n) is 4.49. The minimum absolute atomic E-state index is 0.224. The van der Waals surface area contributed by atoms with Crippen LogP contribution in [0.15, 0.2) is 42.5 Å². The van der Waals surface area contributed by atoms with Crippen LogP contribution in [0.2, 0.25) is 0 Å². The summed E-state index contributed by atoms with van der Waals surface area (Å²) in [6.45, 7) is 1.91. The molecule has 14 heavy (non-hydrogen) atoms. The van der Waals surface area contributed by atoms with Gasteiger partial charge in [-0.05, 0) is 19.1 Å². The molecule has 70 valence electrons. The van der Waals surface area contributed by atoms with E-state index in [1.54, 1.807) is 12.1 Å². The van der Waals surface area contributed by atoms with Crippen LogP contribution in [0.3, 0.4) is 0 Å². The first kappa shape index (κ1) is 8.75. The molecule has 0 saturated heterocycles. The highest BCUT2D eigenvalue weighted by atomic mass is 16.3. The average molecular weight is 185 g/mol. The molecule has 2 rings (SSSR count). The highest BCUT2D eigenvalue weighted by Crippen LogP contribution is 2.26. The van der Waals surface area contributed by atoms with Gasteiger partial charge in [0, 0.05) is 11.3 Å². The third-order valence-corrected chi connectivity index (χ3v) is 2.06. The highest BCUT2D eigenvalue weighted by Gasteiger charge is 2.04. The molecule has 0 bridgehead atoms. The van der Waals surface area contributed by atoms with Crippen molar-refractivity contribution in [2.24, 2.45) is 0 Å². The molecule has 1 heterocycles. The fourth-order valence-corrected chi connectivity index (χ4v) is 1.36. The molecule has 0 amide bonds. The summed E-state index contributed by atoms with van der Waals surface area (Å²) in [4.78, 5) is 4.29. The van der Waals surface area contributed by atoms with Crippen molar-refractivity contribution in [2.75, 3.05) is 0 Å². The number of aryl methyl sites for hydroxylation is 1. The molecule has 0 aliphatic carbocycles. The summed E-state index contributed by atoms with van der Waals surface area (Å²) in [6.07, 6.45) is 0. The Balaban J connectivity index is 2.57. The van der Waals surface area contributed by atoms with Gasteiger partial charge in [-0.1, -0.05) is 30.3 Å². The van der Waals surface area contributed by atoms with Gasteiger partial charge in [0.15, 0.2) is 0 Å². The van der Waals surface area contributed by atoms with E-state index < -0.39 is 0 Å². The van der Waals surface area contributed by atoms with E-state index in [0.29, 0.717) is 5.69 Å². The van der Waals surface area contributed by atoms with Crippen LogP contribution in [0.1, 0.15) is 5.69 Å². The minimum atomic E-state index is 0.224. The standard InChI is InChI=1S/C12H11NO/c1-9-7-8-11(14)12(13-9)10-5-3-2-4-6-10/h2-8,14H,1H3. The summed E-state index contributed by atoms with van der Waals surface area (Å²) in [7, 11) is 0. The molecule has 1 N–H and O–H groups in total. The van der Waals surface area contributed by atoms with Gasteiger partial charge in [-0.2, -0.15) is 0 Å². The monoisotopic (exact) mass is 185 g/mol. The van der Waals surface area contributed by atoms with Crippen LogP contribution in [-0.4, -0.2) is 10.1 Å². The van der Waals surface area contributed by atoms with Crippen LogP contribution in [0.25, 0.3) is 11.3 Å². The summed E-state index contributed by atoms with van der Waals surface area (Å²) in [5.41, 5.74) is 2.49. The molecule has 0 aliphatic rings. The molecule has 0 unspecified atom stereocenters. The number of pyridine rings is 1. The molecule has 2 aromatic rings. The Bertz CT molecular complexity index is 437. The van der Waals surface area contributed by atoms with Crippen molar-refractivity contribution in [2.45, 2.75) is 6.92 Å². The maximum atomic E-state index is 9.63. The third-order valence-electron chi connectivity index (χ3n) is 2.06. The summed E-state index contributed by atoms with van der Waals surface area (Å²) < 4.78 is 0. The molecule has 2 heteroatoms. The van der Waals surface area contributed by atoms with E-state index in [4.69, 9.17) is 0 Å². The van der Waals surface area contributed by atoms with Crippen LogP contribution >= 0.6 is 0 Å². The maximum absolute atomic E-state index is 9.63. The number of hydrogen-bond donors (Lipinski definition) is 1. The fourth-order valence-electron chi connectivity index (χ4n) is 1.36. The van der Waals surface area contributed by atoms with E-state index in [9.17, 15) is 5.11 Å². The quantitative estimate of drug-likeness (QED) is 0.741. The number of benzene rings is 1. The molecule has 1 aromatic carbocycles. The van der Waals surface area contributed by atoms with E-state index >= 15 is 0 Å². The SMILES string of the molecule is Cc1ccc(O)c(-c2ccccc2)n1. The van der Waals surface area contributed by atoms with Crippen molar-refractivity contribution in [3.05, 3.63) is 48.2 Å². The van der Waals surface area contributed by atoms with E-state index in [2.05, 4.69) is 4.98 Å². The van der Waals surface area contributed by atoms with Crippen molar-refractivity contribution in [3.8, 4) is 17.0 Å². The van der Waals surface area contributed by atoms with Gasteiger partial charge < -0.3 is 5.11 Å². The van der Waals surface area contributed by atoms with Crippen molar-refractivity contribution < 1.29 is 5.11 Å². The molecule has 0 aliphatic heterocycles. The molecule has 0 fully saturated rings. The van der Waals surface area contributed by atoms with Crippen LogP contribution in [0.4, 0.5) is 0 Å². The molecule has 0 radical (unpaired) electrons. The molecule has 2 nitrogen and oxygen atoms in total. The number of aromatic nitrogens is 1. The van der Waals surface area contributed by atoms with E-state index in [-0.39, 0.29) is 5.75 Å². The molecule has 0 atom stereocenters. The molecular weight excluding hydrogens is 174 g/mol. The Morgan fingerprint density at radius 3 is 2.43 bits per heavy atom. The topological polar surface area (TPSA) is 33.1 Å². The first-order chi connectivity index (χ1) is 6.77. The molecule has 1 aromatic heterocycles. The summed E-state index contributed by atoms with van der Waals surface area (Å²) in [5, 5.41) is 9.63. The second-order valence-corrected chi connectivity index (χ2v) is 3.19. The Labute approximate surface area is 82.9 Å². The maximum Gasteiger partial charge on any atom is 0.141 e. The lowest BCUT2D eigenvalue weighted by Crippen LogP contribution is -1.86. The lowest BCUT2D eigenvalue weighted by atomic mass is 10.1. The largest absolute Gasteiger partial charge is 0.506 e. The summed E-state index contributed by atoms with van der Waals surface area (Å²) in [5.74, 6) is 0.224. The third kappa shape index (κ3) is 1.59. The number of nitrogens with zero attached hydrogens (tertiary/aromatic N) is 1. The second kappa shape index (κ2) is 3.50. The fraction of sp³-hybridized carbons (Fsp3) is 0.0833. The van der Waals surface area contributed by atoms with Crippen molar-refractivity contribution in [1.29, 1.82) is 0 Å². The zero-order valence-electron chi connectivity index (χ0n) is 7.94. The predicted molar refractivity (Wildman–Crippen MR) is 56.1 cm³/mol. The molecule has 0 spiro atoms. The van der Waals surface area contributed by atoms with Gasteiger partial charge in [-0.15, -0.1) is 0 Å². The van der Waals surface area contributed by atoms with E-state index in [0.717, 1.165) is 11.3 Å². The zero-order valence-corrected chi connectivity index (χ0v) is 7.94. The van der Waals surface area contributed by atoms with Gasteiger partial charge in [-0.25, -0.2) is 4.98 Å². The van der Waals surface area contributed by atoms with Crippen molar-refractivity contribution >= 4 is 0 Å². The van der Waals surface area contributed by atoms with Gasteiger partial charge in [0.25, 0.3) is 0 Å². The van der Waals surface area contributed by atoms with Crippen LogP contribution in [0, 0.1) is 6.92 Å². The van der Waals surface area contributed by atoms with Crippen LogP contribution in [0.5, 0.6) is 5.75 Å². The summed E-state index contributed by atoms with van der Waals surface area (Å²) in [6, 6.07) is 13.1. The van der Waals surface area contributed by atoms with Gasteiger partial charge in [0.1, 0.15) is 11.4 Å². The number of hydrogen-bond acceptors (Lipinski definition) is 2. The molecule has 0 saturated carbocycles. The number of rotatable bonds is 1. The predicted octanol–water partition coefficient (Wildman–Crippen LogP) is 2.76. The smallest absolute Gasteiger partial charge is 0.141 e. The Hall–Kier alpha value is -1.83. The minimum Gasteiger partial charge on any atom is -0.506 e. The van der Waals surface area contributed by atoms with Gasteiger partial charge in [0.2, 0.25) is 0 Å². The van der Waals surface area contributed by atoms with E-state index in [1.807, 2.05) is 37.3 Å². The lowest BCUT2D eigenvalue weighted by Gasteiger charge is -2.04. The Kier molecular flexibility index (Phi) is 2.19. The Morgan fingerprint density at radius 2 is 1.71 bits per heavy atom. The zero-order chi connectivity index (χ0) is 9.97. The highest BCUT2D eigenvalue weighted by molar-refractivity contribution is 5.65. The second-order valence-electron chi connectivity index (χ2n) is 3.19. The first-order valence-corrected chi connectivity index (χ1v) is 4.49. The van der Waals surface area contributed by atoms with Crippen molar-refractivity contribution in [1.82, 2.24) is 4.98 Å². The van der Waals surface area contributed by atoms with Gasteiger partial charge in [-0.3, -0.25) is 0 Å². The normalized spacial score (nSPS) is 10.1. The number of aromatic hydroxyl groups is 1. The van der Waals surface area contributed by atoms with Crippen LogP contribution in [-0.2, 0) is 0 Å². The summed E-state index contributed by atoms with van der Waals surface area (Å²) >= 11 is 0. The lowest BCUT2D eigenvalue weighted by molar-refractivity contribution is 0.474. The van der Waals surface area contributed by atoms with Crippen molar-refractivity contribution in [3.63, 3.8) is 0 Å². The van der Waals surface area contributed by atoms with E-state index in [1.165, 1.54) is 0 Å². The van der Waals surface area contributed by atoms with Gasteiger partial charge in [0.05, 0.1) is 0 Å². The average Bonchev–Trinajstić information content (AvgIpc) is 2.23. The molecular formula is C12H11NO. The van der Waals surface area contributed by atoms with Crippen LogP contribution < -0.4 is 0 Å². The van der Waals surface area contributed by atoms with Gasteiger partial charge >= 0.3 is 0 Å². The Morgan fingerprint density at radius 1 is 1.00 bits per heavy atom.